The summed E-state index contributed by atoms with van der Waals surface area (Å²) in [6.07, 6.45) is 3.10. The number of ether oxygens (including phenoxy) is 2. The maximum absolute atomic E-state index is 12.5. The second-order valence-electron chi connectivity index (χ2n) is 5.28. The summed E-state index contributed by atoms with van der Waals surface area (Å²) in [5.41, 5.74) is 2.30. The second-order valence-corrected chi connectivity index (χ2v) is 5.28. The average molecular weight is 340 g/mol. The number of pyridine rings is 1. The van der Waals surface area contributed by atoms with Crippen molar-refractivity contribution in [1.29, 1.82) is 0 Å². The number of benzene rings is 1. The van der Waals surface area contributed by atoms with Crippen molar-refractivity contribution in [1.82, 2.24) is 14.5 Å². The summed E-state index contributed by atoms with van der Waals surface area (Å²) in [4.78, 5) is 32.6. The third kappa shape index (κ3) is 3.14. The van der Waals surface area contributed by atoms with Crippen molar-refractivity contribution in [2.45, 2.75) is 0 Å². The minimum Gasteiger partial charge on any atom is -0.495 e. The highest BCUT2D eigenvalue weighted by Gasteiger charge is 2.15. The van der Waals surface area contributed by atoms with Crippen LogP contribution in [-0.2, 0) is 11.8 Å². The SMILES string of the molecule is COC(=O)c1ccc(OC)c(NC(=O)c2cnc3c(c2)ncn3C)c1. The summed E-state index contributed by atoms with van der Waals surface area (Å²) in [6.45, 7) is 0. The fourth-order valence-corrected chi connectivity index (χ4v) is 2.39. The number of carbonyl (C=O) groups is 2. The van der Waals surface area contributed by atoms with Gasteiger partial charge in [-0.25, -0.2) is 14.8 Å². The van der Waals surface area contributed by atoms with Gasteiger partial charge in [0.1, 0.15) is 11.3 Å². The molecule has 2 aromatic heterocycles. The number of aromatic nitrogens is 3. The fourth-order valence-electron chi connectivity index (χ4n) is 2.39. The lowest BCUT2D eigenvalue weighted by atomic mass is 10.1. The highest BCUT2D eigenvalue weighted by molar-refractivity contribution is 6.06. The third-order valence-electron chi connectivity index (χ3n) is 3.68. The summed E-state index contributed by atoms with van der Waals surface area (Å²) in [5, 5.41) is 2.72. The Labute approximate surface area is 143 Å². The number of amides is 1. The summed E-state index contributed by atoms with van der Waals surface area (Å²) in [6, 6.07) is 6.29. The highest BCUT2D eigenvalue weighted by atomic mass is 16.5. The summed E-state index contributed by atoms with van der Waals surface area (Å²) < 4.78 is 11.7. The minimum absolute atomic E-state index is 0.303. The Hall–Kier alpha value is -3.42. The molecule has 0 radical (unpaired) electrons. The van der Waals surface area contributed by atoms with Crippen LogP contribution in [0, 0.1) is 0 Å². The predicted molar refractivity (Wildman–Crippen MR) is 90.8 cm³/mol. The monoisotopic (exact) mass is 340 g/mol. The maximum atomic E-state index is 12.5. The molecule has 2 heterocycles. The fraction of sp³-hybridized carbons (Fsp3) is 0.176. The van der Waals surface area contributed by atoms with E-state index in [0.29, 0.717) is 33.7 Å². The Balaban J connectivity index is 1.91. The van der Waals surface area contributed by atoms with Crippen LogP contribution < -0.4 is 10.1 Å². The van der Waals surface area contributed by atoms with Crippen molar-refractivity contribution in [3.05, 3.63) is 47.9 Å². The molecule has 0 spiro atoms. The van der Waals surface area contributed by atoms with Crippen LogP contribution in [0.25, 0.3) is 11.2 Å². The van der Waals surface area contributed by atoms with Gasteiger partial charge in [0, 0.05) is 13.2 Å². The average Bonchev–Trinajstić information content (AvgIpc) is 3.01. The number of rotatable bonds is 4. The first-order chi connectivity index (χ1) is 12.0. The molecule has 0 bridgehead atoms. The normalized spacial score (nSPS) is 10.5. The molecular weight excluding hydrogens is 324 g/mol. The van der Waals surface area contributed by atoms with Crippen LogP contribution in [0.5, 0.6) is 5.75 Å². The molecule has 3 rings (SSSR count). The van der Waals surface area contributed by atoms with Crippen molar-refractivity contribution in [2.75, 3.05) is 19.5 Å². The van der Waals surface area contributed by atoms with Crippen LogP contribution >= 0.6 is 0 Å². The molecule has 0 saturated carbocycles. The van der Waals surface area contributed by atoms with Crippen molar-refractivity contribution >= 4 is 28.7 Å². The molecule has 3 aromatic rings. The van der Waals surface area contributed by atoms with Crippen molar-refractivity contribution in [3.63, 3.8) is 0 Å². The lowest BCUT2D eigenvalue weighted by Gasteiger charge is -2.11. The van der Waals surface area contributed by atoms with E-state index in [1.165, 1.54) is 26.5 Å². The van der Waals surface area contributed by atoms with Crippen LogP contribution in [-0.4, -0.2) is 40.6 Å². The van der Waals surface area contributed by atoms with E-state index in [0.717, 1.165) is 0 Å². The van der Waals surface area contributed by atoms with Crippen LogP contribution in [0.4, 0.5) is 5.69 Å². The predicted octanol–water partition coefficient (Wildman–Crippen LogP) is 2.02. The Morgan fingerprint density at radius 3 is 2.64 bits per heavy atom. The van der Waals surface area contributed by atoms with Gasteiger partial charge in [0.15, 0.2) is 5.65 Å². The van der Waals surface area contributed by atoms with Gasteiger partial charge in [-0.2, -0.15) is 0 Å². The van der Waals surface area contributed by atoms with Gasteiger partial charge in [-0.3, -0.25) is 4.79 Å². The van der Waals surface area contributed by atoms with Gasteiger partial charge < -0.3 is 19.4 Å². The number of anilines is 1. The largest absolute Gasteiger partial charge is 0.495 e. The first-order valence-electron chi connectivity index (χ1n) is 7.38. The van der Waals surface area contributed by atoms with Gasteiger partial charge in [-0.05, 0) is 24.3 Å². The molecule has 8 heteroatoms. The number of nitrogens with one attached hydrogen (secondary N) is 1. The van der Waals surface area contributed by atoms with Gasteiger partial charge in [-0.15, -0.1) is 0 Å². The molecule has 1 amide bonds. The molecule has 1 N–H and O–H groups in total. The third-order valence-corrected chi connectivity index (χ3v) is 3.68. The van der Waals surface area contributed by atoms with E-state index in [1.54, 1.807) is 29.1 Å². The second kappa shape index (κ2) is 6.60. The number of methoxy groups -OCH3 is 2. The lowest BCUT2D eigenvalue weighted by Crippen LogP contribution is -2.14. The smallest absolute Gasteiger partial charge is 0.337 e. The van der Waals surface area contributed by atoms with Gasteiger partial charge in [-0.1, -0.05) is 0 Å². The number of hydrogen-bond acceptors (Lipinski definition) is 6. The van der Waals surface area contributed by atoms with E-state index in [2.05, 4.69) is 15.3 Å². The Morgan fingerprint density at radius 2 is 1.92 bits per heavy atom. The first-order valence-corrected chi connectivity index (χ1v) is 7.38. The molecule has 25 heavy (non-hydrogen) atoms. The first kappa shape index (κ1) is 16.4. The molecule has 0 saturated heterocycles. The summed E-state index contributed by atoms with van der Waals surface area (Å²) in [7, 11) is 4.59. The number of nitrogens with zero attached hydrogens (tertiary/aromatic N) is 3. The standard InChI is InChI=1S/C17H16N4O4/c1-21-9-19-13-7-11(8-18-15(13)21)16(22)20-12-6-10(17(23)25-3)4-5-14(12)24-2/h4-9H,1-3H3,(H,20,22). The molecule has 128 valence electrons. The Kier molecular flexibility index (Phi) is 4.34. The highest BCUT2D eigenvalue weighted by Crippen LogP contribution is 2.26. The van der Waals surface area contributed by atoms with Gasteiger partial charge in [0.05, 0.1) is 37.4 Å². The van der Waals surface area contributed by atoms with Crippen LogP contribution in [0.2, 0.25) is 0 Å². The zero-order valence-corrected chi connectivity index (χ0v) is 13.9. The molecular formula is C17H16N4O4. The van der Waals surface area contributed by atoms with E-state index in [1.807, 2.05) is 7.05 Å². The molecule has 0 aliphatic rings. The van der Waals surface area contributed by atoms with Crippen molar-refractivity contribution < 1.29 is 19.1 Å². The number of carbonyl (C=O) groups excluding carboxylic acids is 2. The van der Waals surface area contributed by atoms with E-state index < -0.39 is 5.97 Å². The van der Waals surface area contributed by atoms with Crippen LogP contribution in [0.15, 0.2) is 36.8 Å². The number of aryl methyl sites for hydroxylation is 1. The molecule has 0 aliphatic heterocycles. The number of imidazole rings is 1. The molecule has 1 aromatic carbocycles. The zero-order valence-electron chi connectivity index (χ0n) is 13.9. The van der Waals surface area contributed by atoms with Gasteiger partial charge in [0.25, 0.3) is 5.91 Å². The van der Waals surface area contributed by atoms with E-state index in [4.69, 9.17) is 9.47 Å². The van der Waals surface area contributed by atoms with Crippen LogP contribution in [0.1, 0.15) is 20.7 Å². The number of hydrogen-bond donors (Lipinski definition) is 1. The van der Waals surface area contributed by atoms with Crippen molar-refractivity contribution in [3.8, 4) is 5.75 Å². The Bertz CT molecular complexity index is 964. The van der Waals surface area contributed by atoms with E-state index in [-0.39, 0.29) is 5.91 Å². The molecule has 0 atom stereocenters. The topological polar surface area (TPSA) is 95.3 Å². The molecule has 0 unspecified atom stereocenters. The molecule has 0 fully saturated rings. The van der Waals surface area contributed by atoms with Crippen molar-refractivity contribution in [2.24, 2.45) is 7.05 Å². The lowest BCUT2D eigenvalue weighted by molar-refractivity contribution is 0.0600. The van der Waals surface area contributed by atoms with E-state index in [9.17, 15) is 9.59 Å². The maximum Gasteiger partial charge on any atom is 0.337 e. The van der Waals surface area contributed by atoms with Crippen LogP contribution in [0.3, 0.4) is 0 Å². The minimum atomic E-state index is -0.505. The Morgan fingerprint density at radius 1 is 1.12 bits per heavy atom. The summed E-state index contributed by atoms with van der Waals surface area (Å²) in [5.74, 6) is -0.469. The zero-order chi connectivity index (χ0) is 18.0. The summed E-state index contributed by atoms with van der Waals surface area (Å²) >= 11 is 0. The van der Waals surface area contributed by atoms with Gasteiger partial charge in [0.2, 0.25) is 0 Å². The number of fused-ring (bicyclic) bond motifs is 1. The number of esters is 1. The van der Waals surface area contributed by atoms with E-state index >= 15 is 0 Å². The quantitative estimate of drug-likeness (QED) is 0.730. The van der Waals surface area contributed by atoms with Gasteiger partial charge >= 0.3 is 5.97 Å². The molecule has 8 nitrogen and oxygen atoms in total. The molecule has 0 aliphatic carbocycles.